The number of carbonyl (C=O) groups is 4. The van der Waals surface area contributed by atoms with E-state index in [-0.39, 0.29) is 41.6 Å². The molecular weight excluding hydrogens is 452 g/mol. The zero-order valence-electron chi connectivity index (χ0n) is 18.5. The summed E-state index contributed by atoms with van der Waals surface area (Å²) >= 11 is 0. The average molecular weight is 477 g/mol. The highest BCUT2D eigenvalue weighted by molar-refractivity contribution is 6.04. The second kappa shape index (κ2) is 12.5. The van der Waals surface area contributed by atoms with Crippen molar-refractivity contribution in [1.29, 1.82) is 0 Å². The molecule has 182 valence electrons. The monoisotopic (exact) mass is 477 g/mol. The van der Waals surface area contributed by atoms with Gasteiger partial charge in [0, 0.05) is 12.0 Å². The minimum atomic E-state index is -1.08. The minimum absolute atomic E-state index is 0.0536. The topological polar surface area (TPSA) is 137 Å². The smallest absolute Gasteiger partial charge is 0.303 e. The van der Waals surface area contributed by atoms with Crippen LogP contribution in [0.1, 0.15) is 46.5 Å². The van der Waals surface area contributed by atoms with E-state index < -0.39 is 29.5 Å². The summed E-state index contributed by atoms with van der Waals surface area (Å²) in [5.41, 5.74) is -0.0165. The first-order valence-corrected chi connectivity index (χ1v) is 10.5. The van der Waals surface area contributed by atoms with Crippen LogP contribution in [0.3, 0.4) is 0 Å². The lowest BCUT2D eigenvalue weighted by molar-refractivity contribution is -0.143. The molecule has 1 fully saturated rings. The molecule has 1 aliphatic rings. The molecule has 0 atom stereocenters. The lowest BCUT2D eigenvalue weighted by Crippen LogP contribution is -2.33. The maximum absolute atomic E-state index is 13.7. The Morgan fingerprint density at radius 3 is 2.21 bits per heavy atom. The molecule has 2 aromatic rings. The molecule has 2 heterocycles. The van der Waals surface area contributed by atoms with Crippen LogP contribution in [0.15, 0.2) is 36.4 Å². The van der Waals surface area contributed by atoms with Gasteiger partial charge < -0.3 is 20.4 Å². The first-order chi connectivity index (χ1) is 16.1. The number of amides is 1. The van der Waals surface area contributed by atoms with Crippen molar-refractivity contribution in [2.45, 2.75) is 25.7 Å². The van der Waals surface area contributed by atoms with E-state index in [1.807, 2.05) is 7.05 Å². The largest absolute Gasteiger partial charge is 0.481 e. The molecule has 34 heavy (non-hydrogen) atoms. The van der Waals surface area contributed by atoms with Gasteiger partial charge in [-0.3, -0.25) is 19.2 Å². The molecule has 3 rings (SSSR count). The number of carboxylic acid groups (broad SMARTS) is 2. The van der Waals surface area contributed by atoms with Crippen LogP contribution in [-0.4, -0.2) is 63.9 Å². The molecule has 0 unspecified atom stereocenters. The van der Waals surface area contributed by atoms with Crippen LogP contribution in [0.4, 0.5) is 14.6 Å². The van der Waals surface area contributed by atoms with Gasteiger partial charge in [0.2, 0.25) is 0 Å². The van der Waals surface area contributed by atoms with Crippen molar-refractivity contribution in [1.82, 2.24) is 9.88 Å². The third kappa shape index (κ3) is 8.32. The molecule has 0 aliphatic carbocycles. The van der Waals surface area contributed by atoms with Crippen molar-refractivity contribution in [3.63, 3.8) is 0 Å². The molecule has 1 aliphatic heterocycles. The number of nitrogens with zero attached hydrogens (tertiary/aromatic N) is 2. The van der Waals surface area contributed by atoms with E-state index >= 15 is 0 Å². The zero-order valence-corrected chi connectivity index (χ0v) is 18.5. The minimum Gasteiger partial charge on any atom is -0.481 e. The van der Waals surface area contributed by atoms with Crippen LogP contribution in [0.25, 0.3) is 0 Å². The molecule has 11 heteroatoms. The van der Waals surface area contributed by atoms with Gasteiger partial charge in [-0.15, -0.1) is 0 Å². The van der Waals surface area contributed by atoms with E-state index in [9.17, 15) is 28.0 Å². The van der Waals surface area contributed by atoms with Crippen LogP contribution in [-0.2, 0) is 9.59 Å². The quantitative estimate of drug-likeness (QED) is 0.518. The molecule has 0 saturated carbocycles. The van der Waals surface area contributed by atoms with Crippen molar-refractivity contribution in [3.05, 3.63) is 59.3 Å². The summed E-state index contributed by atoms with van der Waals surface area (Å²) in [5.74, 6) is -4.61. The number of Topliss-reactive ketones (excluding diaryl/α,β-unsaturated/α-hetero) is 1. The maximum atomic E-state index is 13.7. The summed E-state index contributed by atoms with van der Waals surface area (Å²) in [5, 5.41) is 18.2. The Balaban J connectivity index is 0.000000440. The molecular formula is C23H25F2N3O6. The molecule has 1 amide bonds. The number of piperidine rings is 1. The molecule has 1 saturated heterocycles. The average Bonchev–Trinajstić information content (AvgIpc) is 2.78. The number of benzene rings is 1. The number of aromatic nitrogens is 1. The molecule has 3 N–H and O–H groups in total. The van der Waals surface area contributed by atoms with Crippen molar-refractivity contribution in [2.24, 2.45) is 5.92 Å². The summed E-state index contributed by atoms with van der Waals surface area (Å²) in [6.45, 7) is 1.72. The van der Waals surface area contributed by atoms with E-state index in [0.717, 1.165) is 38.1 Å². The fraction of sp³-hybridized carbons (Fsp3) is 0.348. The lowest BCUT2D eigenvalue weighted by Gasteiger charge is -2.27. The van der Waals surface area contributed by atoms with Gasteiger partial charge in [0.1, 0.15) is 23.1 Å². The normalized spacial score (nSPS) is 14.0. The van der Waals surface area contributed by atoms with Crippen LogP contribution in [0.5, 0.6) is 0 Å². The predicted molar refractivity (Wildman–Crippen MR) is 118 cm³/mol. The Hall–Kier alpha value is -3.73. The molecule has 1 aromatic carbocycles. The first kappa shape index (κ1) is 26.5. The van der Waals surface area contributed by atoms with Crippen molar-refractivity contribution in [3.8, 4) is 0 Å². The number of rotatable bonds is 7. The van der Waals surface area contributed by atoms with Gasteiger partial charge in [-0.2, -0.15) is 0 Å². The highest BCUT2D eigenvalue weighted by atomic mass is 19.1. The number of likely N-dealkylation sites (tertiary alicyclic amines) is 1. The highest BCUT2D eigenvalue weighted by Crippen LogP contribution is 2.21. The molecule has 9 nitrogen and oxygen atoms in total. The summed E-state index contributed by atoms with van der Waals surface area (Å²) in [6.07, 6.45) is 0.952. The number of aliphatic carboxylic acids is 2. The van der Waals surface area contributed by atoms with Gasteiger partial charge in [-0.05, 0) is 57.2 Å². The van der Waals surface area contributed by atoms with Gasteiger partial charge in [0.25, 0.3) is 5.91 Å². The number of pyridine rings is 1. The fourth-order valence-corrected chi connectivity index (χ4v) is 3.19. The number of carboxylic acids is 2. The summed E-state index contributed by atoms with van der Waals surface area (Å²) < 4.78 is 26.7. The number of nitrogens with one attached hydrogen (secondary N) is 1. The van der Waals surface area contributed by atoms with Crippen LogP contribution in [0.2, 0.25) is 0 Å². The lowest BCUT2D eigenvalue weighted by atomic mass is 9.91. The Bertz CT molecular complexity index is 1040. The molecule has 0 bridgehead atoms. The highest BCUT2D eigenvalue weighted by Gasteiger charge is 2.25. The molecule has 1 aromatic heterocycles. The second-order valence-electron chi connectivity index (χ2n) is 7.72. The Labute approximate surface area is 194 Å². The van der Waals surface area contributed by atoms with E-state index in [0.29, 0.717) is 6.07 Å². The van der Waals surface area contributed by atoms with Crippen molar-refractivity contribution in [2.75, 3.05) is 25.5 Å². The van der Waals surface area contributed by atoms with Crippen molar-refractivity contribution >= 4 is 29.4 Å². The Morgan fingerprint density at radius 2 is 1.65 bits per heavy atom. The zero-order chi connectivity index (χ0) is 25.3. The van der Waals surface area contributed by atoms with E-state index in [2.05, 4.69) is 15.2 Å². The third-order valence-corrected chi connectivity index (χ3v) is 5.06. The molecule has 0 spiro atoms. The third-order valence-electron chi connectivity index (χ3n) is 5.06. The maximum Gasteiger partial charge on any atom is 0.303 e. The van der Waals surface area contributed by atoms with Crippen LogP contribution < -0.4 is 5.32 Å². The number of anilines is 1. The number of hydrogen-bond acceptors (Lipinski definition) is 6. The van der Waals surface area contributed by atoms with Crippen molar-refractivity contribution < 1.29 is 38.2 Å². The number of carbonyl (C=O) groups excluding carboxylic acids is 2. The summed E-state index contributed by atoms with van der Waals surface area (Å²) in [7, 11) is 2.02. The summed E-state index contributed by atoms with van der Waals surface area (Å²) in [4.78, 5) is 50.4. The SMILES string of the molecule is CN1CCC(C(=O)c2cccc(NC(=O)c3ccc(F)cc3F)n2)CC1.O=C(O)CCC(=O)O. The number of hydrogen-bond donors (Lipinski definition) is 3. The van der Waals surface area contributed by atoms with E-state index in [1.54, 1.807) is 12.1 Å². The fourth-order valence-electron chi connectivity index (χ4n) is 3.19. The van der Waals surface area contributed by atoms with Gasteiger partial charge >= 0.3 is 11.9 Å². The van der Waals surface area contributed by atoms with Crippen LogP contribution in [0, 0.1) is 17.6 Å². The second-order valence-corrected chi connectivity index (χ2v) is 7.72. The van der Waals surface area contributed by atoms with Gasteiger partial charge in [-0.1, -0.05) is 6.07 Å². The van der Waals surface area contributed by atoms with Crippen LogP contribution >= 0.6 is 0 Å². The Morgan fingerprint density at radius 1 is 1.03 bits per heavy atom. The van der Waals surface area contributed by atoms with Gasteiger partial charge in [0.05, 0.1) is 18.4 Å². The van der Waals surface area contributed by atoms with E-state index in [1.165, 1.54) is 6.07 Å². The summed E-state index contributed by atoms with van der Waals surface area (Å²) in [6, 6.07) is 7.45. The van der Waals surface area contributed by atoms with Gasteiger partial charge in [-0.25, -0.2) is 13.8 Å². The Kier molecular flexibility index (Phi) is 9.75. The molecule has 0 radical (unpaired) electrons. The number of halogens is 2. The predicted octanol–water partition coefficient (Wildman–Crippen LogP) is 3.07. The van der Waals surface area contributed by atoms with Gasteiger partial charge in [0.15, 0.2) is 5.78 Å². The van der Waals surface area contributed by atoms with E-state index in [4.69, 9.17) is 10.2 Å². The standard InChI is InChI=1S/C19H19F2N3O2.C4H6O4/c1-24-9-7-12(8-10-24)18(25)16-3-2-4-17(22-16)23-19(26)14-6-5-13(20)11-15(14)21;5-3(6)1-2-4(7)8/h2-6,11-12H,7-10H2,1H3,(H,22,23,26);1-2H2,(H,5,6)(H,7,8). The number of ketones is 1. The first-order valence-electron chi connectivity index (χ1n) is 10.5.